The lowest BCUT2D eigenvalue weighted by Crippen LogP contribution is -2.37. The number of rotatable bonds is 1. The minimum absolute atomic E-state index is 0.540. The fourth-order valence-corrected chi connectivity index (χ4v) is 4.81. The Labute approximate surface area is 147 Å². The van der Waals surface area contributed by atoms with Gasteiger partial charge >= 0.3 is 6.09 Å². The number of hydrogen-bond acceptors (Lipinski definition) is 1. The summed E-state index contributed by atoms with van der Waals surface area (Å²) in [7, 11) is 0. The zero-order chi connectivity index (χ0) is 16.3. The monoisotopic (exact) mass is 379 g/mol. The van der Waals surface area contributed by atoms with Crippen molar-refractivity contribution in [3.05, 3.63) is 34.3 Å². The van der Waals surface area contributed by atoms with E-state index < -0.39 is 6.09 Å². The molecule has 1 aromatic rings. The molecular weight excluding hydrogens is 354 g/mol. The molecule has 1 aromatic carbocycles. The lowest BCUT2D eigenvalue weighted by atomic mass is 9.58. The maximum absolute atomic E-state index is 10.1. The molecule has 1 N–H and O–H groups in total. The first-order chi connectivity index (χ1) is 11.1. The van der Waals surface area contributed by atoms with E-state index in [4.69, 9.17) is 5.11 Å². The first-order valence-corrected chi connectivity index (χ1v) is 9.62. The van der Waals surface area contributed by atoms with Crippen LogP contribution in [-0.2, 0) is 5.41 Å². The van der Waals surface area contributed by atoms with E-state index in [0.29, 0.717) is 5.41 Å². The number of amides is 1. The maximum atomic E-state index is 10.1. The molecule has 126 valence electrons. The van der Waals surface area contributed by atoms with E-state index in [9.17, 15) is 4.79 Å². The van der Waals surface area contributed by atoms with E-state index in [1.807, 2.05) is 0 Å². The average Bonchev–Trinajstić information content (AvgIpc) is 3.12. The first kappa shape index (κ1) is 16.8. The molecule has 3 saturated carbocycles. The SMILES string of the molecule is Brc1cccc(C23CCC(CC2)CC3)c1.O=C(O)N1CCCC1. The summed E-state index contributed by atoms with van der Waals surface area (Å²) in [5, 5.41) is 8.34. The van der Waals surface area contributed by atoms with Gasteiger partial charge in [-0.1, -0.05) is 28.1 Å². The second-order valence-electron chi connectivity index (χ2n) is 7.25. The minimum atomic E-state index is -0.775. The van der Waals surface area contributed by atoms with Crippen molar-refractivity contribution in [2.75, 3.05) is 13.1 Å². The number of carboxylic acid groups (broad SMARTS) is 1. The van der Waals surface area contributed by atoms with Crippen molar-refractivity contribution in [1.82, 2.24) is 4.90 Å². The molecule has 1 saturated heterocycles. The predicted molar refractivity (Wildman–Crippen MR) is 95.8 cm³/mol. The maximum Gasteiger partial charge on any atom is 0.407 e. The molecular formula is C19H26BrNO2. The third-order valence-corrected chi connectivity index (χ3v) is 6.40. The summed E-state index contributed by atoms with van der Waals surface area (Å²) in [6, 6.07) is 8.99. The third kappa shape index (κ3) is 3.90. The van der Waals surface area contributed by atoms with Gasteiger partial charge in [-0.05, 0) is 80.4 Å². The van der Waals surface area contributed by atoms with Gasteiger partial charge < -0.3 is 10.0 Å². The van der Waals surface area contributed by atoms with Crippen LogP contribution in [0.3, 0.4) is 0 Å². The quantitative estimate of drug-likeness (QED) is 0.706. The lowest BCUT2D eigenvalue weighted by Gasteiger charge is -2.47. The van der Waals surface area contributed by atoms with Crippen LogP contribution in [0.5, 0.6) is 0 Å². The molecule has 4 heteroatoms. The summed E-state index contributed by atoms with van der Waals surface area (Å²) < 4.78 is 1.24. The van der Waals surface area contributed by atoms with Gasteiger partial charge in [0, 0.05) is 17.6 Å². The number of benzene rings is 1. The Balaban J connectivity index is 0.000000166. The van der Waals surface area contributed by atoms with Crippen molar-refractivity contribution in [1.29, 1.82) is 0 Å². The lowest BCUT2D eigenvalue weighted by molar-refractivity contribution is 0.136. The standard InChI is InChI=1S/C14H17Br.C5H9NO2/c15-13-3-1-2-12(10-13)14-7-4-11(5-8-14)6-9-14;7-5(8)6-3-1-2-4-6/h1-3,10-11H,4-9H2;1-4H2,(H,7,8). The average molecular weight is 380 g/mol. The molecule has 0 unspecified atom stereocenters. The van der Waals surface area contributed by atoms with Gasteiger partial charge in [0.15, 0.2) is 0 Å². The highest BCUT2D eigenvalue weighted by Gasteiger charge is 2.41. The topological polar surface area (TPSA) is 40.5 Å². The summed E-state index contributed by atoms with van der Waals surface area (Å²) in [6.45, 7) is 1.46. The van der Waals surface area contributed by atoms with Gasteiger partial charge in [0.1, 0.15) is 0 Å². The van der Waals surface area contributed by atoms with Crippen molar-refractivity contribution in [2.24, 2.45) is 5.92 Å². The Morgan fingerprint density at radius 1 is 1.13 bits per heavy atom. The summed E-state index contributed by atoms with van der Waals surface area (Å²) in [6.07, 6.45) is 9.96. The van der Waals surface area contributed by atoms with E-state index in [-0.39, 0.29) is 0 Å². The molecule has 3 aliphatic carbocycles. The van der Waals surface area contributed by atoms with Gasteiger partial charge in [-0.25, -0.2) is 4.79 Å². The molecule has 1 amide bonds. The van der Waals surface area contributed by atoms with Crippen molar-refractivity contribution in [3.63, 3.8) is 0 Å². The normalized spacial score (nSPS) is 29.1. The summed E-state index contributed by atoms with van der Waals surface area (Å²) in [5.74, 6) is 1.05. The number of halogens is 1. The van der Waals surface area contributed by atoms with Gasteiger partial charge in [0.2, 0.25) is 0 Å². The Bertz CT molecular complexity index is 532. The smallest absolute Gasteiger partial charge is 0.407 e. The van der Waals surface area contributed by atoms with Gasteiger partial charge in [0.25, 0.3) is 0 Å². The molecule has 2 bridgehead atoms. The van der Waals surface area contributed by atoms with E-state index in [0.717, 1.165) is 31.8 Å². The Morgan fingerprint density at radius 2 is 1.74 bits per heavy atom. The first-order valence-electron chi connectivity index (χ1n) is 8.83. The Kier molecular flexibility index (Phi) is 5.30. The van der Waals surface area contributed by atoms with E-state index in [1.54, 1.807) is 5.56 Å². The third-order valence-electron chi connectivity index (χ3n) is 5.91. The Morgan fingerprint density at radius 3 is 2.22 bits per heavy atom. The largest absolute Gasteiger partial charge is 0.465 e. The summed E-state index contributed by atoms with van der Waals surface area (Å²) >= 11 is 3.59. The predicted octanol–water partition coefficient (Wildman–Crippen LogP) is 5.43. The van der Waals surface area contributed by atoms with Gasteiger partial charge in [-0.15, -0.1) is 0 Å². The summed E-state index contributed by atoms with van der Waals surface area (Å²) in [4.78, 5) is 11.6. The molecule has 0 radical (unpaired) electrons. The molecule has 5 rings (SSSR count). The minimum Gasteiger partial charge on any atom is -0.465 e. The van der Waals surface area contributed by atoms with Crippen molar-refractivity contribution >= 4 is 22.0 Å². The van der Waals surface area contributed by atoms with Gasteiger partial charge in [-0.2, -0.15) is 0 Å². The molecule has 1 aliphatic heterocycles. The highest BCUT2D eigenvalue weighted by Crippen LogP contribution is 2.51. The highest BCUT2D eigenvalue weighted by atomic mass is 79.9. The molecule has 4 fully saturated rings. The van der Waals surface area contributed by atoms with Crippen LogP contribution in [0.1, 0.15) is 56.9 Å². The van der Waals surface area contributed by atoms with Crippen molar-refractivity contribution in [3.8, 4) is 0 Å². The summed E-state index contributed by atoms with van der Waals surface area (Å²) in [5.41, 5.74) is 2.12. The number of fused-ring (bicyclic) bond motifs is 3. The van der Waals surface area contributed by atoms with Crippen LogP contribution in [0.2, 0.25) is 0 Å². The second kappa shape index (κ2) is 7.25. The fourth-order valence-electron chi connectivity index (χ4n) is 4.41. The fraction of sp³-hybridized carbons (Fsp3) is 0.632. The van der Waals surface area contributed by atoms with Crippen LogP contribution in [0.25, 0.3) is 0 Å². The molecule has 23 heavy (non-hydrogen) atoms. The van der Waals surface area contributed by atoms with Crippen molar-refractivity contribution in [2.45, 2.75) is 56.8 Å². The zero-order valence-electron chi connectivity index (χ0n) is 13.6. The van der Waals surface area contributed by atoms with E-state index in [1.165, 1.54) is 47.9 Å². The van der Waals surface area contributed by atoms with Gasteiger partial charge in [-0.3, -0.25) is 0 Å². The number of carbonyl (C=O) groups is 1. The zero-order valence-corrected chi connectivity index (χ0v) is 15.2. The van der Waals surface area contributed by atoms with E-state index in [2.05, 4.69) is 40.2 Å². The van der Waals surface area contributed by atoms with Crippen LogP contribution in [-0.4, -0.2) is 29.2 Å². The second-order valence-corrected chi connectivity index (χ2v) is 8.17. The molecule has 0 aromatic heterocycles. The highest BCUT2D eigenvalue weighted by molar-refractivity contribution is 9.10. The molecule has 0 atom stereocenters. The molecule has 4 aliphatic rings. The van der Waals surface area contributed by atoms with E-state index >= 15 is 0 Å². The number of nitrogens with zero attached hydrogens (tertiary/aromatic N) is 1. The van der Waals surface area contributed by atoms with Crippen molar-refractivity contribution < 1.29 is 9.90 Å². The number of likely N-dealkylation sites (tertiary alicyclic amines) is 1. The Hall–Kier alpha value is -1.03. The van der Waals surface area contributed by atoms with Crippen LogP contribution in [0.15, 0.2) is 28.7 Å². The van der Waals surface area contributed by atoms with Crippen LogP contribution in [0.4, 0.5) is 4.79 Å². The molecule has 0 spiro atoms. The van der Waals surface area contributed by atoms with Crippen LogP contribution in [0, 0.1) is 5.92 Å². The van der Waals surface area contributed by atoms with Crippen LogP contribution >= 0.6 is 15.9 Å². The van der Waals surface area contributed by atoms with Crippen LogP contribution < -0.4 is 0 Å². The molecule has 1 heterocycles. The number of hydrogen-bond donors (Lipinski definition) is 1. The molecule has 3 nitrogen and oxygen atoms in total. The van der Waals surface area contributed by atoms with Gasteiger partial charge in [0.05, 0.1) is 0 Å².